The molecule has 158 valence electrons. The fraction of sp³-hybridized carbons (Fsp3) is 0.227. The molecule has 2 heterocycles. The normalized spacial score (nSPS) is 13.0. The number of amides is 2. The van der Waals surface area contributed by atoms with Crippen LogP contribution in [-0.4, -0.2) is 21.7 Å². The number of nitro groups is 1. The van der Waals surface area contributed by atoms with Gasteiger partial charge in [0.1, 0.15) is 10.8 Å². The summed E-state index contributed by atoms with van der Waals surface area (Å²) in [6.07, 6.45) is 6.39. The summed E-state index contributed by atoms with van der Waals surface area (Å²) in [6, 6.07) is 10.6. The molecule has 1 aliphatic rings. The number of fused-ring (bicyclic) bond motifs is 1. The summed E-state index contributed by atoms with van der Waals surface area (Å²) >= 11 is 1.42. The molecule has 0 saturated carbocycles. The van der Waals surface area contributed by atoms with E-state index in [2.05, 4.69) is 15.6 Å². The number of aryl methyl sites for hydroxylation is 1. The number of non-ortho nitro benzene ring substituents is 1. The second-order valence-corrected chi connectivity index (χ2v) is 8.30. The maximum atomic E-state index is 13.1. The minimum atomic E-state index is -0.516. The Morgan fingerprint density at radius 1 is 0.968 bits per heavy atom. The molecule has 1 aromatic carbocycles. The Balaban J connectivity index is 1.64. The maximum absolute atomic E-state index is 13.1. The Labute approximate surface area is 182 Å². The molecule has 2 N–H and O–H groups in total. The minimum Gasteiger partial charge on any atom is -0.313 e. The first-order valence-corrected chi connectivity index (χ1v) is 10.8. The third-order valence-electron chi connectivity index (χ3n) is 5.12. The number of nitrogens with zero attached hydrogens (tertiary/aromatic N) is 2. The zero-order valence-corrected chi connectivity index (χ0v) is 17.4. The number of nitro benzene ring substituents is 1. The molecule has 2 aromatic heterocycles. The van der Waals surface area contributed by atoms with Gasteiger partial charge in [-0.1, -0.05) is 12.5 Å². The van der Waals surface area contributed by atoms with Gasteiger partial charge in [0.25, 0.3) is 17.5 Å². The Hall–Kier alpha value is -3.59. The highest BCUT2D eigenvalue weighted by Gasteiger charge is 2.26. The van der Waals surface area contributed by atoms with E-state index in [0.717, 1.165) is 42.5 Å². The molecule has 0 aliphatic heterocycles. The van der Waals surface area contributed by atoms with Crippen LogP contribution in [0.4, 0.5) is 16.5 Å². The van der Waals surface area contributed by atoms with Crippen LogP contribution in [0.1, 0.15) is 50.4 Å². The quantitative estimate of drug-likeness (QED) is 0.338. The molecule has 9 heteroatoms. The molecular formula is C22H20N4O4S. The second kappa shape index (κ2) is 9.05. The van der Waals surface area contributed by atoms with Crippen LogP contribution in [0.25, 0.3) is 0 Å². The number of benzene rings is 1. The van der Waals surface area contributed by atoms with Crippen LogP contribution in [0.3, 0.4) is 0 Å². The van der Waals surface area contributed by atoms with Gasteiger partial charge in [-0.3, -0.25) is 19.7 Å². The molecule has 1 aliphatic carbocycles. The minimum absolute atomic E-state index is 0.0881. The molecule has 31 heavy (non-hydrogen) atoms. The fourth-order valence-electron chi connectivity index (χ4n) is 3.60. The summed E-state index contributed by atoms with van der Waals surface area (Å²) in [5, 5.41) is 17.0. The monoisotopic (exact) mass is 436 g/mol. The predicted octanol–water partition coefficient (Wildman–Crippen LogP) is 4.82. The van der Waals surface area contributed by atoms with Crippen molar-refractivity contribution in [3.8, 4) is 0 Å². The van der Waals surface area contributed by atoms with E-state index in [9.17, 15) is 19.7 Å². The van der Waals surface area contributed by atoms with Crippen LogP contribution in [0.5, 0.6) is 0 Å². The lowest BCUT2D eigenvalue weighted by Crippen LogP contribution is -2.18. The molecule has 0 bridgehead atoms. The van der Waals surface area contributed by atoms with Crippen LogP contribution >= 0.6 is 11.3 Å². The van der Waals surface area contributed by atoms with Gasteiger partial charge >= 0.3 is 0 Å². The molecule has 8 nitrogen and oxygen atoms in total. The van der Waals surface area contributed by atoms with Gasteiger partial charge in [0, 0.05) is 28.8 Å². The number of carbonyl (C=O) groups is 2. The molecule has 0 atom stereocenters. The molecule has 0 saturated heterocycles. The van der Waals surface area contributed by atoms with Crippen molar-refractivity contribution >= 4 is 39.7 Å². The van der Waals surface area contributed by atoms with Gasteiger partial charge in [-0.15, -0.1) is 11.3 Å². The molecule has 2 amide bonds. The third-order valence-corrected chi connectivity index (χ3v) is 6.33. The first-order chi connectivity index (χ1) is 15.0. The number of hydrogen-bond donors (Lipinski definition) is 2. The lowest BCUT2D eigenvalue weighted by molar-refractivity contribution is -0.384. The average molecular weight is 436 g/mol. The Kier molecular flexibility index (Phi) is 6.03. The van der Waals surface area contributed by atoms with Crippen LogP contribution < -0.4 is 10.6 Å². The molecule has 4 rings (SSSR count). The number of hydrogen-bond acceptors (Lipinski definition) is 6. The molecule has 0 spiro atoms. The summed E-state index contributed by atoms with van der Waals surface area (Å²) in [5.74, 6) is -0.288. The van der Waals surface area contributed by atoms with Crippen molar-refractivity contribution < 1.29 is 14.5 Å². The Bertz CT molecular complexity index is 1130. The molecular weight excluding hydrogens is 416 g/mol. The van der Waals surface area contributed by atoms with Crippen LogP contribution in [-0.2, 0) is 12.8 Å². The zero-order valence-electron chi connectivity index (χ0n) is 16.6. The predicted molar refractivity (Wildman–Crippen MR) is 119 cm³/mol. The third kappa shape index (κ3) is 4.61. The SMILES string of the molecule is O=C(Nc1sc2c(c1C(=O)Nc1ccccn1)CCCCC2)c1ccc([N+](=O)[O-])cc1. The number of pyridine rings is 1. The first kappa shape index (κ1) is 20.7. The average Bonchev–Trinajstić information content (AvgIpc) is 2.94. The summed E-state index contributed by atoms with van der Waals surface area (Å²) in [4.78, 5) is 41.5. The first-order valence-electron chi connectivity index (χ1n) is 9.95. The van der Waals surface area contributed by atoms with Crippen molar-refractivity contribution in [2.75, 3.05) is 10.6 Å². The van der Waals surface area contributed by atoms with E-state index in [1.807, 2.05) is 0 Å². The number of rotatable bonds is 5. The molecule has 3 aromatic rings. The highest BCUT2D eigenvalue weighted by Crippen LogP contribution is 2.38. The van der Waals surface area contributed by atoms with Crippen molar-refractivity contribution in [2.24, 2.45) is 0 Å². The second-order valence-electron chi connectivity index (χ2n) is 7.20. The number of nitrogens with one attached hydrogen (secondary N) is 2. The highest BCUT2D eigenvalue weighted by atomic mass is 32.1. The number of aromatic nitrogens is 1. The van der Waals surface area contributed by atoms with Crippen molar-refractivity contribution in [3.63, 3.8) is 0 Å². The maximum Gasteiger partial charge on any atom is 0.269 e. The van der Waals surface area contributed by atoms with E-state index in [-0.39, 0.29) is 17.2 Å². The standard InChI is InChI=1S/C22H20N4O4S/c27-20(14-9-11-15(12-10-14)26(29)30)25-22-19(16-6-2-1-3-7-17(16)31-22)21(28)24-18-8-4-5-13-23-18/h4-5,8-13H,1-3,6-7H2,(H,25,27)(H,23,24,28). The highest BCUT2D eigenvalue weighted by molar-refractivity contribution is 7.17. The topological polar surface area (TPSA) is 114 Å². The van der Waals surface area contributed by atoms with E-state index in [1.54, 1.807) is 24.4 Å². The van der Waals surface area contributed by atoms with E-state index in [4.69, 9.17) is 0 Å². The van der Waals surface area contributed by atoms with Crippen molar-refractivity contribution in [2.45, 2.75) is 32.1 Å². The lowest BCUT2D eigenvalue weighted by atomic mass is 10.0. The van der Waals surface area contributed by atoms with Gasteiger partial charge < -0.3 is 10.6 Å². The lowest BCUT2D eigenvalue weighted by Gasteiger charge is -2.10. The number of thiophene rings is 1. The van der Waals surface area contributed by atoms with Crippen molar-refractivity contribution in [1.82, 2.24) is 4.98 Å². The van der Waals surface area contributed by atoms with Gasteiger partial charge in [-0.25, -0.2) is 4.98 Å². The fourth-order valence-corrected chi connectivity index (χ4v) is 4.88. The summed E-state index contributed by atoms with van der Waals surface area (Å²) in [6.45, 7) is 0. The number of anilines is 2. The largest absolute Gasteiger partial charge is 0.313 e. The van der Waals surface area contributed by atoms with Crippen LogP contribution in [0, 0.1) is 10.1 Å². The van der Waals surface area contributed by atoms with Gasteiger partial charge in [-0.2, -0.15) is 0 Å². The molecule has 0 radical (unpaired) electrons. The van der Waals surface area contributed by atoms with Crippen molar-refractivity contribution in [1.29, 1.82) is 0 Å². The van der Waals surface area contributed by atoms with E-state index < -0.39 is 10.8 Å². The van der Waals surface area contributed by atoms with Gasteiger partial charge in [0.2, 0.25) is 0 Å². The van der Waals surface area contributed by atoms with Gasteiger partial charge in [0.05, 0.1) is 10.5 Å². The zero-order chi connectivity index (χ0) is 21.8. The Morgan fingerprint density at radius 3 is 2.45 bits per heavy atom. The van der Waals surface area contributed by atoms with E-state index in [1.165, 1.54) is 35.6 Å². The summed E-state index contributed by atoms with van der Waals surface area (Å²) in [5.41, 5.74) is 1.65. The van der Waals surface area contributed by atoms with Gasteiger partial charge in [0.15, 0.2) is 0 Å². The summed E-state index contributed by atoms with van der Waals surface area (Å²) in [7, 11) is 0. The smallest absolute Gasteiger partial charge is 0.269 e. The van der Waals surface area contributed by atoms with Crippen molar-refractivity contribution in [3.05, 3.63) is 80.3 Å². The van der Waals surface area contributed by atoms with Crippen LogP contribution in [0.15, 0.2) is 48.7 Å². The van der Waals surface area contributed by atoms with Gasteiger partial charge in [-0.05, 0) is 55.5 Å². The Morgan fingerprint density at radius 2 is 1.74 bits per heavy atom. The van der Waals surface area contributed by atoms with Crippen LogP contribution in [0.2, 0.25) is 0 Å². The molecule has 0 fully saturated rings. The summed E-state index contributed by atoms with van der Waals surface area (Å²) < 4.78 is 0. The van der Waals surface area contributed by atoms with E-state index >= 15 is 0 Å². The number of carbonyl (C=O) groups excluding carboxylic acids is 2. The van der Waals surface area contributed by atoms with E-state index in [0.29, 0.717) is 16.4 Å². The molecule has 0 unspecified atom stereocenters.